The molecule has 1 amide bonds. The Balaban J connectivity index is 1.68. The average molecular weight is 354 g/mol. The maximum Gasteiger partial charge on any atom is 0.281 e. The summed E-state index contributed by atoms with van der Waals surface area (Å²) < 4.78 is 18.2. The van der Waals surface area contributed by atoms with E-state index in [-0.39, 0.29) is 11.7 Å². The highest BCUT2D eigenvalue weighted by Gasteiger charge is 2.09. The molecule has 0 saturated heterocycles. The summed E-state index contributed by atoms with van der Waals surface area (Å²) in [4.78, 5) is 13.6. The fourth-order valence-corrected chi connectivity index (χ4v) is 3.12. The average Bonchev–Trinajstić information content (AvgIpc) is 3.13. The molecule has 3 aromatic rings. The minimum absolute atomic E-state index is 0.288. The summed E-state index contributed by atoms with van der Waals surface area (Å²) >= 11 is 1.32. The molecule has 1 aromatic heterocycles. The molecule has 0 atom stereocenters. The van der Waals surface area contributed by atoms with Crippen LogP contribution < -0.4 is 10.2 Å². The lowest BCUT2D eigenvalue weighted by molar-refractivity contribution is 0.0959. The maximum atomic E-state index is 13.0. The highest BCUT2D eigenvalue weighted by atomic mass is 32.1. The van der Waals surface area contributed by atoms with E-state index in [0.717, 1.165) is 16.0 Å². The molecule has 0 fully saturated rings. The van der Waals surface area contributed by atoms with Crippen LogP contribution in [0.5, 0.6) is 5.75 Å². The molecule has 0 saturated carbocycles. The normalized spacial score (nSPS) is 10.8. The van der Waals surface area contributed by atoms with Crippen molar-refractivity contribution in [2.24, 2.45) is 5.10 Å². The van der Waals surface area contributed by atoms with Gasteiger partial charge in [-0.1, -0.05) is 24.3 Å². The van der Waals surface area contributed by atoms with Gasteiger partial charge in [-0.05, 0) is 42.0 Å². The molecule has 4 nitrogen and oxygen atoms in total. The summed E-state index contributed by atoms with van der Waals surface area (Å²) in [6, 6.07) is 17.1. The third-order valence-corrected chi connectivity index (χ3v) is 4.60. The first-order valence-electron chi connectivity index (χ1n) is 7.49. The third kappa shape index (κ3) is 4.10. The number of hydrogen-bond acceptors (Lipinski definition) is 4. The van der Waals surface area contributed by atoms with Crippen molar-refractivity contribution in [1.82, 2.24) is 5.43 Å². The fourth-order valence-electron chi connectivity index (χ4n) is 2.22. The van der Waals surface area contributed by atoms with E-state index in [0.29, 0.717) is 10.6 Å². The number of carbonyl (C=O) groups is 1. The number of carbonyl (C=O) groups excluding carboxylic acids is 1. The Morgan fingerprint density at radius 3 is 2.64 bits per heavy atom. The number of halogens is 1. The molecule has 6 heteroatoms. The molecule has 3 rings (SSSR count). The lowest BCUT2D eigenvalue weighted by atomic mass is 10.2. The standard InChI is InChI=1S/C19H15FN2O2S/c1-24-16-5-3-2-4-14(16)12-21-22-19(23)18-11-10-17(25-18)13-6-8-15(20)9-7-13/h2-12H,1H3,(H,22,23)/b21-12-. The largest absolute Gasteiger partial charge is 0.496 e. The summed E-state index contributed by atoms with van der Waals surface area (Å²) in [7, 11) is 1.58. The van der Waals surface area contributed by atoms with Crippen LogP contribution in [0.4, 0.5) is 4.39 Å². The van der Waals surface area contributed by atoms with Crippen molar-refractivity contribution in [1.29, 1.82) is 0 Å². The summed E-state index contributed by atoms with van der Waals surface area (Å²) in [5.74, 6) is 0.0867. The molecule has 126 valence electrons. The Labute approximate surface area is 148 Å². The quantitative estimate of drug-likeness (QED) is 0.548. The monoisotopic (exact) mass is 354 g/mol. The molecule has 1 heterocycles. The Bertz CT molecular complexity index is 904. The number of nitrogens with zero attached hydrogens (tertiary/aromatic N) is 1. The Morgan fingerprint density at radius 1 is 1.12 bits per heavy atom. The third-order valence-electron chi connectivity index (χ3n) is 3.47. The van der Waals surface area contributed by atoms with Crippen molar-refractivity contribution in [2.45, 2.75) is 0 Å². The van der Waals surface area contributed by atoms with Crippen LogP contribution in [0.25, 0.3) is 10.4 Å². The van der Waals surface area contributed by atoms with Crippen molar-refractivity contribution >= 4 is 23.5 Å². The van der Waals surface area contributed by atoms with Gasteiger partial charge in [-0.2, -0.15) is 5.10 Å². The van der Waals surface area contributed by atoms with Crippen LogP contribution in [0.1, 0.15) is 15.2 Å². The molecule has 25 heavy (non-hydrogen) atoms. The van der Waals surface area contributed by atoms with Gasteiger partial charge in [-0.25, -0.2) is 9.82 Å². The van der Waals surface area contributed by atoms with Gasteiger partial charge in [-0.3, -0.25) is 4.79 Å². The van der Waals surface area contributed by atoms with Gasteiger partial charge in [0.05, 0.1) is 18.2 Å². The predicted octanol–water partition coefficient (Wildman–Crippen LogP) is 4.33. The first kappa shape index (κ1) is 16.9. The minimum Gasteiger partial charge on any atom is -0.496 e. The van der Waals surface area contributed by atoms with Gasteiger partial charge in [-0.15, -0.1) is 11.3 Å². The number of para-hydroxylation sites is 1. The minimum atomic E-state index is -0.301. The van der Waals surface area contributed by atoms with Crippen molar-refractivity contribution < 1.29 is 13.9 Å². The van der Waals surface area contributed by atoms with Gasteiger partial charge in [0.2, 0.25) is 0 Å². The van der Waals surface area contributed by atoms with E-state index in [1.54, 1.807) is 25.3 Å². The molecule has 0 spiro atoms. The highest BCUT2D eigenvalue weighted by molar-refractivity contribution is 7.17. The number of thiophene rings is 1. The Hall–Kier alpha value is -2.99. The van der Waals surface area contributed by atoms with E-state index in [9.17, 15) is 9.18 Å². The van der Waals surface area contributed by atoms with Gasteiger partial charge < -0.3 is 4.74 Å². The van der Waals surface area contributed by atoms with Gasteiger partial charge >= 0.3 is 0 Å². The molecule has 0 aliphatic carbocycles. The Kier molecular flexibility index (Phi) is 5.20. The van der Waals surface area contributed by atoms with Gasteiger partial charge in [0, 0.05) is 10.4 Å². The van der Waals surface area contributed by atoms with Crippen LogP contribution in [0.3, 0.4) is 0 Å². The fraction of sp³-hybridized carbons (Fsp3) is 0.0526. The van der Waals surface area contributed by atoms with Gasteiger partial charge in [0.1, 0.15) is 11.6 Å². The topological polar surface area (TPSA) is 50.7 Å². The van der Waals surface area contributed by atoms with Crippen LogP contribution in [0.15, 0.2) is 65.8 Å². The number of rotatable bonds is 5. The molecule has 0 radical (unpaired) electrons. The van der Waals surface area contributed by atoms with Crippen molar-refractivity contribution in [3.05, 3.63) is 76.9 Å². The highest BCUT2D eigenvalue weighted by Crippen LogP contribution is 2.28. The van der Waals surface area contributed by atoms with Crippen LogP contribution in [-0.2, 0) is 0 Å². The van der Waals surface area contributed by atoms with E-state index >= 15 is 0 Å². The smallest absolute Gasteiger partial charge is 0.281 e. The van der Waals surface area contributed by atoms with Crippen LogP contribution in [0, 0.1) is 5.82 Å². The first-order chi connectivity index (χ1) is 12.2. The predicted molar refractivity (Wildman–Crippen MR) is 97.8 cm³/mol. The SMILES string of the molecule is COc1ccccc1/C=N\NC(=O)c1ccc(-c2ccc(F)cc2)s1. The second kappa shape index (κ2) is 7.72. The molecule has 0 unspecified atom stereocenters. The molecule has 1 N–H and O–H groups in total. The van der Waals surface area contributed by atoms with Crippen molar-refractivity contribution in [2.75, 3.05) is 7.11 Å². The van der Waals surface area contributed by atoms with E-state index in [1.807, 2.05) is 30.3 Å². The molecule has 2 aromatic carbocycles. The summed E-state index contributed by atoms with van der Waals surface area (Å²) in [5.41, 5.74) is 4.13. The molecular weight excluding hydrogens is 339 g/mol. The van der Waals surface area contributed by atoms with E-state index in [4.69, 9.17) is 4.74 Å². The second-order valence-corrected chi connectivity index (χ2v) is 6.20. The number of ether oxygens (including phenoxy) is 1. The molecule has 0 aliphatic heterocycles. The van der Waals surface area contributed by atoms with Gasteiger partial charge in [0.15, 0.2) is 0 Å². The zero-order valence-electron chi connectivity index (χ0n) is 13.4. The number of methoxy groups -OCH3 is 1. The van der Waals surface area contributed by atoms with Crippen molar-refractivity contribution in [3.8, 4) is 16.2 Å². The number of nitrogens with one attached hydrogen (secondary N) is 1. The lowest BCUT2D eigenvalue weighted by Crippen LogP contribution is -2.16. The number of amides is 1. The van der Waals surface area contributed by atoms with Crippen LogP contribution >= 0.6 is 11.3 Å². The number of hydrazone groups is 1. The van der Waals surface area contributed by atoms with Crippen LogP contribution in [0.2, 0.25) is 0 Å². The molecular formula is C19H15FN2O2S. The van der Waals surface area contributed by atoms with Crippen molar-refractivity contribution in [3.63, 3.8) is 0 Å². The Morgan fingerprint density at radius 2 is 1.88 bits per heavy atom. The van der Waals surface area contributed by atoms with Gasteiger partial charge in [0.25, 0.3) is 5.91 Å². The first-order valence-corrected chi connectivity index (χ1v) is 8.31. The second-order valence-electron chi connectivity index (χ2n) is 5.11. The van der Waals surface area contributed by atoms with E-state index in [2.05, 4.69) is 10.5 Å². The lowest BCUT2D eigenvalue weighted by Gasteiger charge is -2.02. The number of hydrogen-bond donors (Lipinski definition) is 1. The summed E-state index contributed by atoms with van der Waals surface area (Å²) in [5, 5.41) is 3.97. The summed E-state index contributed by atoms with van der Waals surface area (Å²) in [6.45, 7) is 0. The molecule has 0 aliphatic rings. The van der Waals surface area contributed by atoms with E-state index in [1.165, 1.54) is 29.7 Å². The molecule has 0 bridgehead atoms. The van der Waals surface area contributed by atoms with E-state index < -0.39 is 0 Å². The zero-order chi connectivity index (χ0) is 17.6. The number of benzene rings is 2. The maximum absolute atomic E-state index is 13.0. The van der Waals surface area contributed by atoms with Crippen LogP contribution in [-0.4, -0.2) is 19.2 Å². The summed E-state index contributed by atoms with van der Waals surface area (Å²) in [6.07, 6.45) is 1.53. The zero-order valence-corrected chi connectivity index (χ0v) is 14.2.